The van der Waals surface area contributed by atoms with Crippen LogP contribution in [-0.4, -0.2) is 24.0 Å². The minimum Gasteiger partial charge on any atom is -0.494 e. The van der Waals surface area contributed by atoms with Crippen LogP contribution >= 0.6 is 0 Å². The summed E-state index contributed by atoms with van der Waals surface area (Å²) in [6, 6.07) is 11.1. The number of carbonyl (C=O) groups is 1. The van der Waals surface area contributed by atoms with E-state index in [9.17, 15) is 9.59 Å². The van der Waals surface area contributed by atoms with Gasteiger partial charge >= 0.3 is 0 Å². The number of unbranched alkanes of at least 4 members (excludes halogenated alkanes) is 1. The maximum Gasteiger partial charge on any atom is 0.290 e. The third kappa shape index (κ3) is 3.73. The first kappa shape index (κ1) is 21.2. The molecular formula is C26H29NO4. The van der Waals surface area contributed by atoms with E-state index in [1.54, 1.807) is 4.90 Å². The zero-order valence-electron chi connectivity index (χ0n) is 18.7. The first-order valence-corrected chi connectivity index (χ1v) is 11.1. The molecule has 5 nitrogen and oxygen atoms in total. The van der Waals surface area contributed by atoms with Gasteiger partial charge in [-0.15, -0.1) is 0 Å². The molecule has 1 amide bonds. The number of benzene rings is 2. The van der Waals surface area contributed by atoms with Gasteiger partial charge in [-0.2, -0.15) is 0 Å². The molecule has 0 N–H and O–H groups in total. The van der Waals surface area contributed by atoms with Gasteiger partial charge in [-0.05, 0) is 61.6 Å². The molecule has 0 spiro atoms. The van der Waals surface area contributed by atoms with E-state index < -0.39 is 6.04 Å². The van der Waals surface area contributed by atoms with Crippen molar-refractivity contribution in [1.82, 2.24) is 4.90 Å². The smallest absolute Gasteiger partial charge is 0.290 e. The van der Waals surface area contributed by atoms with Gasteiger partial charge in [0.2, 0.25) is 5.76 Å². The number of carbonyl (C=O) groups excluding carboxylic acids is 1. The Balaban J connectivity index is 1.93. The van der Waals surface area contributed by atoms with Crippen LogP contribution in [0.2, 0.25) is 0 Å². The maximum atomic E-state index is 13.7. The van der Waals surface area contributed by atoms with E-state index in [-0.39, 0.29) is 17.1 Å². The highest BCUT2D eigenvalue weighted by Crippen LogP contribution is 2.39. The molecule has 31 heavy (non-hydrogen) atoms. The van der Waals surface area contributed by atoms with Crippen molar-refractivity contribution >= 4 is 16.9 Å². The minimum atomic E-state index is -0.472. The lowest BCUT2D eigenvalue weighted by Crippen LogP contribution is -2.30. The minimum absolute atomic E-state index is 0.125. The highest BCUT2D eigenvalue weighted by atomic mass is 16.5. The number of hydrogen-bond donors (Lipinski definition) is 0. The number of ether oxygens (including phenoxy) is 1. The fourth-order valence-electron chi connectivity index (χ4n) is 4.37. The normalized spacial score (nSPS) is 15.5. The van der Waals surface area contributed by atoms with E-state index in [0.717, 1.165) is 41.7 Å². The van der Waals surface area contributed by atoms with Gasteiger partial charge in [0.25, 0.3) is 5.91 Å². The van der Waals surface area contributed by atoms with Crippen molar-refractivity contribution < 1.29 is 13.9 Å². The molecule has 1 aliphatic rings. The van der Waals surface area contributed by atoms with Gasteiger partial charge in [-0.1, -0.05) is 38.5 Å². The zero-order valence-corrected chi connectivity index (χ0v) is 18.7. The number of amides is 1. The lowest BCUT2D eigenvalue weighted by Gasteiger charge is -2.25. The highest BCUT2D eigenvalue weighted by molar-refractivity contribution is 5.99. The third-order valence-corrected chi connectivity index (χ3v) is 5.80. The number of aryl methyl sites for hydroxylation is 2. The predicted octanol–water partition coefficient (Wildman–Crippen LogP) is 5.54. The van der Waals surface area contributed by atoms with Crippen LogP contribution in [0.15, 0.2) is 45.6 Å². The summed E-state index contributed by atoms with van der Waals surface area (Å²) in [5.41, 5.74) is 3.54. The summed E-state index contributed by atoms with van der Waals surface area (Å²) in [5.74, 6) is 0.699. The number of rotatable bonds is 7. The zero-order chi connectivity index (χ0) is 22.1. The largest absolute Gasteiger partial charge is 0.494 e. The second-order valence-electron chi connectivity index (χ2n) is 8.31. The monoisotopic (exact) mass is 419 g/mol. The Hall–Kier alpha value is -3.08. The third-order valence-electron chi connectivity index (χ3n) is 5.80. The molecule has 4 rings (SSSR count). The molecule has 2 heterocycles. The molecule has 2 aromatic carbocycles. The van der Waals surface area contributed by atoms with Crippen molar-refractivity contribution in [3.8, 4) is 5.75 Å². The Kier molecular flexibility index (Phi) is 5.86. The molecule has 5 heteroatoms. The molecule has 1 aromatic heterocycles. The standard InChI is InChI=1S/C26H29NO4/c1-5-7-11-27-22(18-9-8-10-19(15-18)30-12-6-2)21-23(28)20-14-16(3)13-17(4)24(20)31-25(21)26(27)29/h8-10,13-15,22H,5-7,11-12H2,1-4H3. The van der Waals surface area contributed by atoms with E-state index >= 15 is 0 Å². The molecule has 0 bridgehead atoms. The second kappa shape index (κ2) is 8.58. The van der Waals surface area contributed by atoms with Gasteiger partial charge in [0.15, 0.2) is 5.43 Å². The van der Waals surface area contributed by atoms with Crippen molar-refractivity contribution in [2.24, 2.45) is 0 Å². The van der Waals surface area contributed by atoms with Crippen LogP contribution in [0.5, 0.6) is 5.75 Å². The van der Waals surface area contributed by atoms with E-state index in [1.165, 1.54) is 0 Å². The SMILES string of the molecule is CCCCN1C(=O)c2oc3c(C)cc(C)cc3c(=O)c2C1c1cccc(OCCC)c1. The first-order chi connectivity index (χ1) is 15.0. The van der Waals surface area contributed by atoms with Crippen LogP contribution in [0.25, 0.3) is 11.0 Å². The van der Waals surface area contributed by atoms with Gasteiger partial charge < -0.3 is 14.1 Å². The molecule has 0 radical (unpaired) electrons. The van der Waals surface area contributed by atoms with Gasteiger partial charge in [-0.25, -0.2) is 0 Å². The van der Waals surface area contributed by atoms with Crippen LogP contribution in [0.3, 0.4) is 0 Å². The summed E-state index contributed by atoms with van der Waals surface area (Å²) in [6.07, 6.45) is 2.72. The number of nitrogens with zero attached hydrogens (tertiary/aromatic N) is 1. The summed E-state index contributed by atoms with van der Waals surface area (Å²) in [4.78, 5) is 28.8. The fraction of sp³-hybridized carbons (Fsp3) is 0.385. The summed E-state index contributed by atoms with van der Waals surface area (Å²) in [7, 11) is 0. The number of hydrogen-bond acceptors (Lipinski definition) is 4. The van der Waals surface area contributed by atoms with E-state index in [2.05, 4.69) is 13.8 Å². The molecule has 0 fully saturated rings. The Labute approximate surface area is 182 Å². The molecule has 1 unspecified atom stereocenters. The molecule has 162 valence electrons. The summed E-state index contributed by atoms with van der Waals surface area (Å²) in [5, 5.41) is 0.532. The maximum absolute atomic E-state index is 13.7. The van der Waals surface area contributed by atoms with Crippen molar-refractivity contribution in [1.29, 1.82) is 0 Å². The van der Waals surface area contributed by atoms with Crippen molar-refractivity contribution in [3.05, 3.63) is 74.6 Å². The van der Waals surface area contributed by atoms with Crippen LogP contribution in [0.1, 0.15) is 72.0 Å². The predicted molar refractivity (Wildman–Crippen MR) is 122 cm³/mol. The van der Waals surface area contributed by atoms with E-state index in [4.69, 9.17) is 9.15 Å². The molecule has 1 aliphatic heterocycles. The van der Waals surface area contributed by atoms with Crippen LogP contribution in [0, 0.1) is 13.8 Å². The van der Waals surface area contributed by atoms with E-state index in [0.29, 0.717) is 29.7 Å². The van der Waals surface area contributed by atoms with E-state index in [1.807, 2.05) is 50.2 Å². The molecule has 3 aromatic rings. The van der Waals surface area contributed by atoms with Gasteiger partial charge in [0.05, 0.1) is 23.6 Å². The lowest BCUT2D eigenvalue weighted by atomic mass is 9.97. The second-order valence-corrected chi connectivity index (χ2v) is 8.31. The fourth-order valence-corrected chi connectivity index (χ4v) is 4.37. The lowest BCUT2D eigenvalue weighted by molar-refractivity contribution is 0.0725. The van der Waals surface area contributed by atoms with Crippen LogP contribution in [-0.2, 0) is 0 Å². The Morgan fingerprint density at radius 3 is 2.61 bits per heavy atom. The Bertz CT molecular complexity index is 1190. The van der Waals surface area contributed by atoms with Crippen molar-refractivity contribution in [2.45, 2.75) is 53.0 Å². The number of fused-ring (bicyclic) bond motifs is 2. The first-order valence-electron chi connectivity index (χ1n) is 11.1. The molecule has 1 atom stereocenters. The molecule has 0 aliphatic carbocycles. The highest BCUT2D eigenvalue weighted by Gasteiger charge is 2.42. The average molecular weight is 420 g/mol. The molecular weight excluding hydrogens is 390 g/mol. The molecule has 0 saturated heterocycles. The van der Waals surface area contributed by atoms with Crippen molar-refractivity contribution in [3.63, 3.8) is 0 Å². The summed E-state index contributed by atoms with van der Waals surface area (Å²) < 4.78 is 11.9. The quantitative estimate of drug-likeness (QED) is 0.504. The average Bonchev–Trinajstić information content (AvgIpc) is 3.04. The summed E-state index contributed by atoms with van der Waals surface area (Å²) >= 11 is 0. The van der Waals surface area contributed by atoms with Crippen LogP contribution in [0.4, 0.5) is 0 Å². The summed E-state index contributed by atoms with van der Waals surface area (Å²) in [6.45, 7) is 9.20. The van der Waals surface area contributed by atoms with Gasteiger partial charge in [0, 0.05) is 6.54 Å². The molecule has 0 saturated carbocycles. The Morgan fingerprint density at radius 2 is 1.87 bits per heavy atom. The topological polar surface area (TPSA) is 59.8 Å². The van der Waals surface area contributed by atoms with Gasteiger partial charge in [0.1, 0.15) is 11.3 Å². The van der Waals surface area contributed by atoms with Crippen LogP contribution < -0.4 is 10.2 Å². The van der Waals surface area contributed by atoms with Crippen molar-refractivity contribution in [2.75, 3.05) is 13.2 Å². The van der Waals surface area contributed by atoms with Gasteiger partial charge in [-0.3, -0.25) is 9.59 Å². The Morgan fingerprint density at radius 1 is 1.06 bits per heavy atom.